The number of anilines is 1. The Bertz CT molecular complexity index is 363. The van der Waals surface area contributed by atoms with Crippen molar-refractivity contribution in [2.24, 2.45) is 0 Å². The zero-order valence-electron chi connectivity index (χ0n) is 10.7. The highest BCUT2D eigenvalue weighted by Crippen LogP contribution is 2.12. The van der Waals surface area contributed by atoms with E-state index < -0.39 is 0 Å². The summed E-state index contributed by atoms with van der Waals surface area (Å²) in [6, 6.07) is 7.43. The maximum atomic E-state index is 12.0. The summed E-state index contributed by atoms with van der Waals surface area (Å²) in [5.74, 6) is -0.0638. The van der Waals surface area contributed by atoms with E-state index in [0.717, 1.165) is 25.7 Å². The van der Waals surface area contributed by atoms with Gasteiger partial charge in [-0.3, -0.25) is 4.79 Å². The number of hydrogen-bond donors (Lipinski definition) is 2. The standard InChI is InChI=1S/C14H22N2O/c1-3-5-8-11(4-2)16-14(17)12-9-6-7-10-13(12)15/h6-7,9-11H,3-5,8,15H2,1-2H3,(H,16,17). The molecule has 0 fully saturated rings. The molecule has 0 bridgehead atoms. The van der Waals surface area contributed by atoms with Gasteiger partial charge >= 0.3 is 0 Å². The van der Waals surface area contributed by atoms with E-state index in [-0.39, 0.29) is 11.9 Å². The van der Waals surface area contributed by atoms with E-state index in [1.165, 1.54) is 0 Å². The molecular formula is C14H22N2O. The minimum absolute atomic E-state index is 0.0638. The summed E-state index contributed by atoms with van der Waals surface area (Å²) in [4.78, 5) is 12.0. The van der Waals surface area contributed by atoms with Crippen LogP contribution < -0.4 is 11.1 Å². The van der Waals surface area contributed by atoms with Crippen molar-refractivity contribution >= 4 is 11.6 Å². The fourth-order valence-electron chi connectivity index (χ4n) is 1.80. The lowest BCUT2D eigenvalue weighted by Crippen LogP contribution is -2.34. The predicted molar refractivity (Wildman–Crippen MR) is 71.9 cm³/mol. The van der Waals surface area contributed by atoms with E-state index in [2.05, 4.69) is 19.2 Å². The number of unbranched alkanes of at least 4 members (excludes halogenated alkanes) is 1. The maximum absolute atomic E-state index is 12.0. The van der Waals surface area contributed by atoms with E-state index in [4.69, 9.17) is 5.73 Å². The minimum Gasteiger partial charge on any atom is -0.398 e. The quantitative estimate of drug-likeness (QED) is 0.743. The highest BCUT2D eigenvalue weighted by molar-refractivity contribution is 5.99. The number of benzene rings is 1. The fourth-order valence-corrected chi connectivity index (χ4v) is 1.80. The van der Waals surface area contributed by atoms with Crippen molar-refractivity contribution in [1.82, 2.24) is 5.32 Å². The van der Waals surface area contributed by atoms with Gasteiger partial charge in [0.15, 0.2) is 0 Å². The number of carbonyl (C=O) groups excluding carboxylic acids is 1. The highest BCUT2D eigenvalue weighted by atomic mass is 16.1. The van der Waals surface area contributed by atoms with E-state index >= 15 is 0 Å². The number of rotatable bonds is 6. The molecule has 1 unspecified atom stereocenters. The van der Waals surface area contributed by atoms with Crippen LogP contribution in [0.2, 0.25) is 0 Å². The SMILES string of the molecule is CCCCC(CC)NC(=O)c1ccccc1N. The molecule has 94 valence electrons. The van der Waals surface area contributed by atoms with Crippen molar-refractivity contribution in [2.75, 3.05) is 5.73 Å². The fraction of sp³-hybridized carbons (Fsp3) is 0.500. The van der Waals surface area contributed by atoms with Crippen LogP contribution in [0.15, 0.2) is 24.3 Å². The number of nitrogens with two attached hydrogens (primary N) is 1. The van der Waals surface area contributed by atoms with E-state index in [9.17, 15) is 4.79 Å². The molecule has 0 saturated carbocycles. The summed E-state index contributed by atoms with van der Waals surface area (Å²) >= 11 is 0. The molecule has 0 aromatic heterocycles. The van der Waals surface area contributed by atoms with E-state index in [0.29, 0.717) is 11.3 Å². The molecule has 3 heteroatoms. The Kier molecular flexibility index (Phi) is 5.53. The van der Waals surface area contributed by atoms with Gasteiger partial charge in [-0.1, -0.05) is 38.8 Å². The first kappa shape index (κ1) is 13.6. The van der Waals surface area contributed by atoms with Gasteiger partial charge in [0.2, 0.25) is 0 Å². The molecule has 3 nitrogen and oxygen atoms in total. The first-order chi connectivity index (χ1) is 8.19. The van der Waals surface area contributed by atoms with Gasteiger partial charge in [0.25, 0.3) is 5.91 Å². The lowest BCUT2D eigenvalue weighted by molar-refractivity contribution is 0.0934. The molecule has 0 spiro atoms. The Hall–Kier alpha value is -1.51. The Morgan fingerprint density at radius 1 is 1.35 bits per heavy atom. The second-order valence-corrected chi connectivity index (χ2v) is 4.31. The van der Waals surface area contributed by atoms with Crippen LogP contribution in [0.1, 0.15) is 49.9 Å². The molecule has 3 N–H and O–H groups in total. The smallest absolute Gasteiger partial charge is 0.253 e. The van der Waals surface area contributed by atoms with Crippen LogP contribution >= 0.6 is 0 Å². The van der Waals surface area contributed by atoms with Gasteiger partial charge < -0.3 is 11.1 Å². The Balaban J connectivity index is 2.61. The van der Waals surface area contributed by atoms with Gasteiger partial charge in [0, 0.05) is 11.7 Å². The third kappa shape index (κ3) is 4.10. The number of amides is 1. The summed E-state index contributed by atoms with van der Waals surface area (Å²) in [5.41, 5.74) is 6.89. The second-order valence-electron chi connectivity index (χ2n) is 4.31. The van der Waals surface area contributed by atoms with Gasteiger partial charge in [-0.15, -0.1) is 0 Å². The molecule has 0 aliphatic carbocycles. The number of hydrogen-bond acceptors (Lipinski definition) is 2. The topological polar surface area (TPSA) is 55.1 Å². The zero-order chi connectivity index (χ0) is 12.7. The molecule has 17 heavy (non-hydrogen) atoms. The molecule has 1 aromatic rings. The van der Waals surface area contributed by atoms with Crippen molar-refractivity contribution in [3.8, 4) is 0 Å². The Labute approximate surface area is 103 Å². The molecule has 1 atom stereocenters. The van der Waals surface area contributed by atoms with Crippen LogP contribution in [0.3, 0.4) is 0 Å². The van der Waals surface area contributed by atoms with Crippen LogP contribution in [0.4, 0.5) is 5.69 Å². The summed E-state index contributed by atoms with van der Waals surface area (Å²) in [7, 11) is 0. The zero-order valence-corrected chi connectivity index (χ0v) is 10.7. The van der Waals surface area contributed by atoms with Crippen LogP contribution in [0, 0.1) is 0 Å². The van der Waals surface area contributed by atoms with Crippen LogP contribution in [0.5, 0.6) is 0 Å². The molecule has 0 heterocycles. The molecular weight excluding hydrogens is 212 g/mol. The first-order valence-corrected chi connectivity index (χ1v) is 6.34. The van der Waals surface area contributed by atoms with E-state index in [1.807, 2.05) is 12.1 Å². The minimum atomic E-state index is -0.0638. The highest BCUT2D eigenvalue weighted by Gasteiger charge is 2.13. The molecule has 1 aromatic carbocycles. The molecule has 1 rings (SSSR count). The molecule has 0 saturated heterocycles. The lowest BCUT2D eigenvalue weighted by atomic mass is 10.1. The number of carbonyl (C=O) groups is 1. The second kappa shape index (κ2) is 6.94. The van der Waals surface area contributed by atoms with Crippen LogP contribution in [0.25, 0.3) is 0 Å². The maximum Gasteiger partial charge on any atom is 0.253 e. The molecule has 0 aliphatic heterocycles. The predicted octanol–water partition coefficient (Wildman–Crippen LogP) is 2.97. The first-order valence-electron chi connectivity index (χ1n) is 6.34. The van der Waals surface area contributed by atoms with E-state index in [1.54, 1.807) is 12.1 Å². The molecule has 0 radical (unpaired) electrons. The van der Waals surface area contributed by atoms with Crippen molar-refractivity contribution in [1.29, 1.82) is 0 Å². The Morgan fingerprint density at radius 3 is 2.65 bits per heavy atom. The number of nitrogens with one attached hydrogen (secondary N) is 1. The third-order valence-corrected chi connectivity index (χ3v) is 2.94. The van der Waals surface area contributed by atoms with Crippen molar-refractivity contribution in [2.45, 2.75) is 45.6 Å². The largest absolute Gasteiger partial charge is 0.398 e. The molecule has 0 aliphatic rings. The van der Waals surface area contributed by atoms with Gasteiger partial charge in [-0.2, -0.15) is 0 Å². The molecule has 1 amide bonds. The van der Waals surface area contributed by atoms with Gasteiger partial charge in [-0.05, 0) is 25.0 Å². The Morgan fingerprint density at radius 2 is 2.06 bits per heavy atom. The van der Waals surface area contributed by atoms with Crippen molar-refractivity contribution < 1.29 is 4.79 Å². The number of para-hydroxylation sites is 1. The van der Waals surface area contributed by atoms with Gasteiger partial charge in [0.05, 0.1) is 5.56 Å². The van der Waals surface area contributed by atoms with Crippen LogP contribution in [-0.4, -0.2) is 11.9 Å². The third-order valence-electron chi connectivity index (χ3n) is 2.94. The monoisotopic (exact) mass is 234 g/mol. The summed E-state index contributed by atoms with van der Waals surface area (Å²) in [6.45, 7) is 4.25. The summed E-state index contributed by atoms with van der Waals surface area (Å²) in [5, 5.41) is 3.04. The average molecular weight is 234 g/mol. The van der Waals surface area contributed by atoms with Crippen LogP contribution in [-0.2, 0) is 0 Å². The lowest BCUT2D eigenvalue weighted by Gasteiger charge is -2.17. The number of nitrogen functional groups attached to an aromatic ring is 1. The summed E-state index contributed by atoms with van der Waals surface area (Å²) < 4.78 is 0. The van der Waals surface area contributed by atoms with Gasteiger partial charge in [0.1, 0.15) is 0 Å². The van der Waals surface area contributed by atoms with Crippen molar-refractivity contribution in [3.63, 3.8) is 0 Å². The van der Waals surface area contributed by atoms with Gasteiger partial charge in [-0.25, -0.2) is 0 Å². The summed E-state index contributed by atoms with van der Waals surface area (Å²) in [6.07, 6.45) is 4.28. The normalized spacial score (nSPS) is 12.1. The van der Waals surface area contributed by atoms with Crippen molar-refractivity contribution in [3.05, 3.63) is 29.8 Å². The average Bonchev–Trinajstić information content (AvgIpc) is 2.34.